The van der Waals surface area contributed by atoms with Crippen LogP contribution in [0.3, 0.4) is 0 Å². The number of furan rings is 2. The van der Waals surface area contributed by atoms with Gasteiger partial charge in [-0.3, -0.25) is 4.79 Å². The van der Waals surface area contributed by atoms with Crippen LogP contribution in [0.25, 0.3) is 11.0 Å². The second-order valence-corrected chi connectivity index (χ2v) is 5.30. The normalized spacial score (nSPS) is 10.9. The van der Waals surface area contributed by atoms with Gasteiger partial charge in [0.15, 0.2) is 10.4 Å². The largest absolute Gasteiger partial charge is 0.459 e. The van der Waals surface area contributed by atoms with E-state index in [1.54, 1.807) is 24.1 Å². The minimum Gasteiger partial charge on any atom is -0.459 e. The molecular weight excluding hydrogens is 322 g/mol. The molecule has 0 saturated carbocycles. The first kappa shape index (κ1) is 13.0. The first-order chi connectivity index (χ1) is 9.63. The summed E-state index contributed by atoms with van der Waals surface area (Å²) in [5.41, 5.74) is 0.823. The number of hydrogen-bond donors (Lipinski definition) is 0. The fourth-order valence-electron chi connectivity index (χ4n) is 2.04. The maximum absolute atomic E-state index is 12.1. The predicted octanol–water partition coefficient (Wildman–Crippen LogP) is 4.06. The van der Waals surface area contributed by atoms with Crippen LogP contribution in [-0.2, 0) is 6.54 Å². The van der Waals surface area contributed by atoms with Crippen LogP contribution in [0.2, 0.25) is 0 Å². The first-order valence-electron chi connectivity index (χ1n) is 6.12. The highest BCUT2D eigenvalue weighted by atomic mass is 79.9. The molecule has 0 aliphatic rings. The maximum atomic E-state index is 12.1. The fourth-order valence-corrected chi connectivity index (χ4v) is 2.34. The molecule has 0 radical (unpaired) electrons. The van der Waals surface area contributed by atoms with Gasteiger partial charge in [-0.25, -0.2) is 0 Å². The Balaban J connectivity index is 1.78. The average molecular weight is 334 g/mol. The van der Waals surface area contributed by atoms with Crippen LogP contribution in [0.4, 0.5) is 0 Å². The van der Waals surface area contributed by atoms with Crippen molar-refractivity contribution in [3.8, 4) is 0 Å². The van der Waals surface area contributed by atoms with Crippen molar-refractivity contribution in [1.82, 2.24) is 4.90 Å². The molecule has 4 nitrogen and oxygen atoms in total. The quantitative estimate of drug-likeness (QED) is 0.726. The van der Waals surface area contributed by atoms with Crippen molar-refractivity contribution in [3.05, 3.63) is 58.7 Å². The molecule has 3 rings (SSSR count). The monoisotopic (exact) mass is 333 g/mol. The molecule has 3 aromatic rings. The van der Waals surface area contributed by atoms with Crippen molar-refractivity contribution >= 4 is 32.8 Å². The topological polar surface area (TPSA) is 46.6 Å². The molecule has 0 saturated heterocycles. The molecule has 0 aliphatic carbocycles. The second kappa shape index (κ2) is 5.17. The highest BCUT2D eigenvalue weighted by Crippen LogP contribution is 2.21. The highest BCUT2D eigenvalue weighted by molar-refractivity contribution is 9.10. The van der Waals surface area contributed by atoms with Crippen molar-refractivity contribution < 1.29 is 13.6 Å². The summed E-state index contributed by atoms with van der Waals surface area (Å²) < 4.78 is 11.5. The van der Waals surface area contributed by atoms with Crippen molar-refractivity contribution in [2.24, 2.45) is 0 Å². The van der Waals surface area contributed by atoms with Gasteiger partial charge < -0.3 is 13.7 Å². The van der Waals surface area contributed by atoms with E-state index in [1.807, 2.05) is 30.3 Å². The zero-order valence-corrected chi connectivity index (χ0v) is 12.4. The number of amides is 1. The van der Waals surface area contributed by atoms with Gasteiger partial charge in [-0.05, 0) is 40.2 Å². The number of carbonyl (C=O) groups excluding carboxylic acids is 1. The summed E-state index contributed by atoms with van der Waals surface area (Å²) in [5, 5.41) is 1.03. The summed E-state index contributed by atoms with van der Waals surface area (Å²) in [4.78, 5) is 13.7. The van der Waals surface area contributed by atoms with Crippen LogP contribution in [0.15, 0.2) is 56.0 Å². The van der Waals surface area contributed by atoms with E-state index in [-0.39, 0.29) is 5.91 Å². The lowest BCUT2D eigenvalue weighted by Crippen LogP contribution is -2.25. The Morgan fingerprint density at radius 3 is 2.70 bits per heavy atom. The number of carbonyl (C=O) groups is 1. The zero-order valence-electron chi connectivity index (χ0n) is 10.8. The first-order valence-corrected chi connectivity index (χ1v) is 6.91. The van der Waals surface area contributed by atoms with E-state index < -0.39 is 0 Å². The molecule has 1 amide bonds. The molecule has 0 N–H and O–H groups in total. The third-order valence-corrected chi connectivity index (χ3v) is 3.43. The Morgan fingerprint density at radius 2 is 2.00 bits per heavy atom. The molecule has 0 fully saturated rings. The number of para-hydroxylation sites is 1. The van der Waals surface area contributed by atoms with E-state index in [4.69, 9.17) is 8.83 Å². The molecule has 2 heterocycles. The summed E-state index contributed by atoms with van der Waals surface area (Å²) in [5.74, 6) is 0.860. The van der Waals surface area contributed by atoms with Crippen LogP contribution >= 0.6 is 15.9 Å². The lowest BCUT2D eigenvalue weighted by molar-refractivity contribution is 0.0743. The average Bonchev–Trinajstić information content (AvgIpc) is 3.03. The molecule has 0 aliphatic heterocycles. The smallest absolute Gasteiger partial charge is 0.289 e. The number of fused-ring (bicyclic) bond motifs is 1. The third kappa shape index (κ3) is 2.49. The molecule has 20 heavy (non-hydrogen) atoms. The molecule has 1 aromatic carbocycles. The van der Waals surface area contributed by atoms with E-state index in [1.165, 1.54) is 0 Å². The van der Waals surface area contributed by atoms with Crippen LogP contribution in [0.1, 0.15) is 16.3 Å². The van der Waals surface area contributed by atoms with Crippen molar-refractivity contribution in [1.29, 1.82) is 0 Å². The Kier molecular flexibility index (Phi) is 3.36. The zero-order chi connectivity index (χ0) is 14.1. The molecule has 0 spiro atoms. The van der Waals surface area contributed by atoms with E-state index in [2.05, 4.69) is 15.9 Å². The lowest BCUT2D eigenvalue weighted by Gasteiger charge is -2.13. The number of benzene rings is 1. The minimum absolute atomic E-state index is 0.184. The third-order valence-electron chi connectivity index (χ3n) is 3.00. The van der Waals surface area contributed by atoms with Crippen LogP contribution in [0, 0.1) is 0 Å². The van der Waals surface area contributed by atoms with Crippen molar-refractivity contribution in [2.45, 2.75) is 6.54 Å². The molecule has 0 bridgehead atoms. The standard InChI is InChI=1S/C15H12BrNO3/c1-17(15(18)13-6-7-14(16)20-13)9-11-8-10-4-2-3-5-12(10)19-11/h2-8H,9H2,1H3. The van der Waals surface area contributed by atoms with Crippen LogP contribution < -0.4 is 0 Å². The van der Waals surface area contributed by atoms with Gasteiger partial charge in [0.05, 0.1) is 6.54 Å². The van der Waals surface area contributed by atoms with Crippen molar-refractivity contribution in [2.75, 3.05) is 7.05 Å². The predicted molar refractivity (Wildman–Crippen MR) is 78.4 cm³/mol. The molecule has 2 aromatic heterocycles. The molecule has 102 valence electrons. The van der Waals surface area contributed by atoms with Crippen molar-refractivity contribution in [3.63, 3.8) is 0 Å². The highest BCUT2D eigenvalue weighted by Gasteiger charge is 2.17. The summed E-state index contributed by atoms with van der Waals surface area (Å²) >= 11 is 3.18. The minimum atomic E-state index is -0.184. The Bertz CT molecular complexity index is 726. The molecular formula is C15H12BrNO3. The van der Waals surface area contributed by atoms with Gasteiger partial charge >= 0.3 is 0 Å². The summed E-state index contributed by atoms with van der Waals surface area (Å²) in [7, 11) is 1.71. The molecule has 0 unspecified atom stereocenters. The number of nitrogens with zero attached hydrogens (tertiary/aromatic N) is 1. The van der Waals surface area contributed by atoms with Gasteiger partial charge in [0.25, 0.3) is 5.91 Å². The van der Waals surface area contributed by atoms with E-state index in [0.717, 1.165) is 16.7 Å². The number of rotatable bonds is 3. The van der Waals surface area contributed by atoms with Gasteiger partial charge in [0.2, 0.25) is 0 Å². The Hall–Kier alpha value is -2.01. The van der Waals surface area contributed by atoms with Gasteiger partial charge in [0, 0.05) is 12.4 Å². The van der Waals surface area contributed by atoms with Crippen LogP contribution in [0.5, 0.6) is 0 Å². The van der Waals surface area contributed by atoms with Gasteiger partial charge in [-0.1, -0.05) is 18.2 Å². The molecule has 0 atom stereocenters. The van der Waals surface area contributed by atoms with E-state index in [9.17, 15) is 4.79 Å². The van der Waals surface area contributed by atoms with Crippen LogP contribution in [-0.4, -0.2) is 17.9 Å². The number of hydrogen-bond acceptors (Lipinski definition) is 3. The summed E-state index contributed by atoms with van der Waals surface area (Å²) in [6.07, 6.45) is 0. The number of halogens is 1. The maximum Gasteiger partial charge on any atom is 0.289 e. The van der Waals surface area contributed by atoms with E-state index >= 15 is 0 Å². The summed E-state index contributed by atoms with van der Waals surface area (Å²) in [6, 6.07) is 13.0. The van der Waals surface area contributed by atoms with Gasteiger partial charge in [-0.15, -0.1) is 0 Å². The molecule has 5 heteroatoms. The van der Waals surface area contributed by atoms with Gasteiger partial charge in [-0.2, -0.15) is 0 Å². The second-order valence-electron chi connectivity index (χ2n) is 4.52. The van der Waals surface area contributed by atoms with Gasteiger partial charge in [0.1, 0.15) is 11.3 Å². The Labute approximate surface area is 124 Å². The Morgan fingerprint density at radius 1 is 1.20 bits per heavy atom. The van der Waals surface area contributed by atoms with E-state index in [0.29, 0.717) is 17.0 Å². The lowest BCUT2D eigenvalue weighted by atomic mass is 10.2. The fraction of sp³-hybridized carbons (Fsp3) is 0.133. The SMILES string of the molecule is CN(Cc1cc2ccccc2o1)C(=O)c1ccc(Br)o1. The summed E-state index contributed by atoms with van der Waals surface area (Å²) in [6.45, 7) is 0.395.